The predicted octanol–water partition coefficient (Wildman–Crippen LogP) is 3.78. The van der Waals surface area contributed by atoms with E-state index in [9.17, 15) is 0 Å². The van der Waals surface area contributed by atoms with Crippen LogP contribution in [-0.2, 0) is 0 Å². The van der Waals surface area contributed by atoms with Crippen LogP contribution >= 0.6 is 0 Å². The summed E-state index contributed by atoms with van der Waals surface area (Å²) in [6.45, 7) is 7.01. The summed E-state index contributed by atoms with van der Waals surface area (Å²) in [5, 5.41) is 0. The summed E-state index contributed by atoms with van der Waals surface area (Å²) in [5.74, 6) is 0.809. The van der Waals surface area contributed by atoms with Crippen LogP contribution in [-0.4, -0.2) is 0 Å². The van der Waals surface area contributed by atoms with E-state index in [4.69, 9.17) is 0 Å². The summed E-state index contributed by atoms with van der Waals surface area (Å²) in [6.07, 6.45) is 10.2. The molecule has 11 heavy (non-hydrogen) atoms. The average Bonchev–Trinajstić information content (AvgIpc) is 2.05. The zero-order valence-corrected chi connectivity index (χ0v) is 8.06. The van der Waals surface area contributed by atoms with E-state index in [2.05, 4.69) is 32.9 Å². The van der Waals surface area contributed by atoms with Crippen molar-refractivity contribution in [1.29, 1.82) is 0 Å². The summed E-state index contributed by atoms with van der Waals surface area (Å²) in [5.41, 5.74) is 0.540. The highest BCUT2D eigenvalue weighted by molar-refractivity contribution is 5.04. The molecule has 0 unspecified atom stereocenters. The Bertz CT molecular complexity index is 144. The zero-order valence-electron chi connectivity index (χ0n) is 8.06. The molecule has 0 saturated heterocycles. The van der Waals surface area contributed by atoms with Crippen LogP contribution < -0.4 is 0 Å². The molecule has 0 saturated carbocycles. The van der Waals surface area contributed by atoms with Crippen molar-refractivity contribution >= 4 is 0 Å². The highest BCUT2D eigenvalue weighted by Crippen LogP contribution is 2.40. The van der Waals surface area contributed by atoms with Crippen molar-refractivity contribution in [2.75, 3.05) is 0 Å². The molecule has 0 spiro atoms. The molecule has 0 nitrogen and oxygen atoms in total. The van der Waals surface area contributed by atoms with Gasteiger partial charge in [-0.15, -0.1) is 0 Å². The molecule has 0 aromatic rings. The number of hydrogen-bond donors (Lipinski definition) is 0. The molecule has 1 aliphatic rings. The second-order valence-electron chi connectivity index (χ2n) is 4.04. The van der Waals surface area contributed by atoms with Crippen LogP contribution in [0.2, 0.25) is 0 Å². The van der Waals surface area contributed by atoms with Gasteiger partial charge in [-0.25, -0.2) is 0 Å². The maximum atomic E-state index is 2.46. The lowest BCUT2D eigenvalue weighted by molar-refractivity contribution is 0.220. The smallest absolute Gasteiger partial charge is 0.00977 e. The van der Waals surface area contributed by atoms with Crippen molar-refractivity contribution in [2.24, 2.45) is 11.3 Å². The Morgan fingerprint density at radius 1 is 1.45 bits per heavy atom. The van der Waals surface area contributed by atoms with Gasteiger partial charge in [0, 0.05) is 0 Å². The van der Waals surface area contributed by atoms with Gasteiger partial charge in [-0.2, -0.15) is 0 Å². The van der Waals surface area contributed by atoms with Crippen LogP contribution in [0.3, 0.4) is 0 Å². The molecule has 0 amide bonds. The zero-order chi connectivity index (χ0) is 8.32. The lowest BCUT2D eigenvalue weighted by atomic mass is 9.69. The van der Waals surface area contributed by atoms with Gasteiger partial charge in [-0.3, -0.25) is 0 Å². The Morgan fingerprint density at radius 2 is 2.18 bits per heavy atom. The molecular weight excluding hydrogens is 132 g/mol. The Kier molecular flexibility index (Phi) is 2.75. The standard InChI is InChI=1S/C11H20/c1-4-11(10(2)3)8-6-5-7-9-11/h6,8,10H,4-5,7,9H2,1-3H3/t11-/m1/s1. The van der Waals surface area contributed by atoms with Gasteiger partial charge in [0.1, 0.15) is 0 Å². The molecule has 1 atom stereocenters. The molecule has 0 heterocycles. The third kappa shape index (κ3) is 1.66. The molecule has 0 N–H and O–H groups in total. The molecular formula is C11H20. The number of rotatable bonds is 2. The molecule has 0 aromatic carbocycles. The van der Waals surface area contributed by atoms with Gasteiger partial charge in [0.15, 0.2) is 0 Å². The van der Waals surface area contributed by atoms with Crippen molar-refractivity contribution in [3.8, 4) is 0 Å². The van der Waals surface area contributed by atoms with E-state index >= 15 is 0 Å². The third-order valence-electron chi connectivity index (χ3n) is 3.27. The van der Waals surface area contributed by atoms with E-state index in [0.29, 0.717) is 5.41 Å². The highest BCUT2D eigenvalue weighted by Gasteiger charge is 2.29. The summed E-state index contributed by atoms with van der Waals surface area (Å²) in [6, 6.07) is 0. The van der Waals surface area contributed by atoms with Gasteiger partial charge in [-0.05, 0) is 37.0 Å². The summed E-state index contributed by atoms with van der Waals surface area (Å²) < 4.78 is 0. The fraction of sp³-hybridized carbons (Fsp3) is 0.818. The molecule has 0 heteroatoms. The van der Waals surface area contributed by atoms with E-state index in [-0.39, 0.29) is 0 Å². The molecule has 0 radical (unpaired) electrons. The first kappa shape index (κ1) is 8.83. The minimum absolute atomic E-state index is 0.540. The fourth-order valence-corrected chi connectivity index (χ4v) is 2.13. The van der Waals surface area contributed by atoms with E-state index < -0.39 is 0 Å². The molecule has 64 valence electrons. The van der Waals surface area contributed by atoms with Crippen LogP contribution in [0.25, 0.3) is 0 Å². The monoisotopic (exact) mass is 152 g/mol. The van der Waals surface area contributed by atoms with E-state index in [1.54, 1.807) is 0 Å². The first-order chi connectivity index (χ1) is 5.21. The van der Waals surface area contributed by atoms with Crippen molar-refractivity contribution in [3.05, 3.63) is 12.2 Å². The quantitative estimate of drug-likeness (QED) is 0.528. The molecule has 1 aliphatic carbocycles. The Morgan fingerprint density at radius 3 is 2.45 bits per heavy atom. The van der Waals surface area contributed by atoms with Crippen LogP contribution in [0.5, 0.6) is 0 Å². The second kappa shape index (κ2) is 3.42. The van der Waals surface area contributed by atoms with E-state index in [1.807, 2.05) is 0 Å². The third-order valence-corrected chi connectivity index (χ3v) is 3.27. The van der Waals surface area contributed by atoms with Gasteiger partial charge >= 0.3 is 0 Å². The van der Waals surface area contributed by atoms with Crippen LogP contribution in [0.4, 0.5) is 0 Å². The fourth-order valence-electron chi connectivity index (χ4n) is 2.13. The first-order valence-electron chi connectivity index (χ1n) is 4.89. The van der Waals surface area contributed by atoms with Crippen LogP contribution in [0.1, 0.15) is 46.5 Å². The van der Waals surface area contributed by atoms with Gasteiger partial charge in [0.2, 0.25) is 0 Å². The van der Waals surface area contributed by atoms with Crippen LogP contribution in [0, 0.1) is 11.3 Å². The Hall–Kier alpha value is -0.260. The van der Waals surface area contributed by atoms with E-state index in [1.165, 1.54) is 25.7 Å². The SMILES string of the molecule is CC[C@@]1(C(C)C)C=CCCC1. The average molecular weight is 152 g/mol. The van der Waals surface area contributed by atoms with Crippen molar-refractivity contribution < 1.29 is 0 Å². The van der Waals surface area contributed by atoms with Crippen LogP contribution in [0.15, 0.2) is 12.2 Å². The molecule has 0 fully saturated rings. The first-order valence-corrected chi connectivity index (χ1v) is 4.89. The Labute approximate surface area is 70.7 Å². The van der Waals surface area contributed by atoms with Gasteiger partial charge in [0.05, 0.1) is 0 Å². The van der Waals surface area contributed by atoms with Crippen molar-refractivity contribution in [3.63, 3.8) is 0 Å². The lowest BCUT2D eigenvalue weighted by Crippen LogP contribution is -2.25. The van der Waals surface area contributed by atoms with Gasteiger partial charge in [-0.1, -0.05) is 32.9 Å². The van der Waals surface area contributed by atoms with Gasteiger partial charge < -0.3 is 0 Å². The maximum absolute atomic E-state index is 2.46. The van der Waals surface area contributed by atoms with E-state index in [0.717, 1.165) is 5.92 Å². The summed E-state index contributed by atoms with van der Waals surface area (Å²) in [4.78, 5) is 0. The minimum atomic E-state index is 0.540. The predicted molar refractivity (Wildman–Crippen MR) is 50.6 cm³/mol. The van der Waals surface area contributed by atoms with Crippen molar-refractivity contribution in [1.82, 2.24) is 0 Å². The molecule has 0 bridgehead atoms. The molecule has 0 aliphatic heterocycles. The number of allylic oxidation sites excluding steroid dienone is 2. The van der Waals surface area contributed by atoms with Gasteiger partial charge in [0.25, 0.3) is 0 Å². The summed E-state index contributed by atoms with van der Waals surface area (Å²) in [7, 11) is 0. The maximum Gasteiger partial charge on any atom is -0.00977 e. The highest BCUT2D eigenvalue weighted by atomic mass is 14.3. The van der Waals surface area contributed by atoms with Crippen molar-refractivity contribution in [2.45, 2.75) is 46.5 Å². The Balaban J connectivity index is 2.73. The second-order valence-corrected chi connectivity index (χ2v) is 4.04. The molecule has 1 rings (SSSR count). The normalized spacial score (nSPS) is 31.3. The lowest BCUT2D eigenvalue weighted by Gasteiger charge is -2.36. The largest absolute Gasteiger partial charge is 0.0880 e. The number of hydrogen-bond acceptors (Lipinski definition) is 0. The topological polar surface area (TPSA) is 0 Å². The molecule has 0 aromatic heterocycles. The minimum Gasteiger partial charge on any atom is -0.0880 e. The summed E-state index contributed by atoms with van der Waals surface area (Å²) >= 11 is 0.